The number of fused-ring (bicyclic) bond motifs is 1. The topological polar surface area (TPSA) is 35.2 Å². The van der Waals surface area contributed by atoms with E-state index < -0.39 is 0 Å². The number of para-hydroxylation sites is 1. The molecule has 2 rings (SSSR count). The lowest BCUT2D eigenvalue weighted by Gasteiger charge is -2.33. The highest BCUT2D eigenvalue weighted by Gasteiger charge is 2.28. The molecule has 1 heterocycles. The second-order valence-corrected chi connectivity index (χ2v) is 5.04. The van der Waals surface area contributed by atoms with E-state index in [4.69, 9.17) is 10.5 Å². The van der Waals surface area contributed by atoms with Crippen molar-refractivity contribution in [2.75, 3.05) is 6.61 Å². The minimum absolute atomic E-state index is 0.262. The second-order valence-electron chi connectivity index (χ2n) is 5.04. The zero-order valence-corrected chi connectivity index (χ0v) is 10.9. The summed E-state index contributed by atoms with van der Waals surface area (Å²) in [7, 11) is 0. The summed E-state index contributed by atoms with van der Waals surface area (Å²) < 4.78 is 5.82. The Morgan fingerprint density at radius 3 is 2.71 bits per heavy atom. The number of rotatable bonds is 4. The van der Waals surface area contributed by atoms with Crippen molar-refractivity contribution >= 4 is 0 Å². The average Bonchev–Trinajstić information content (AvgIpc) is 2.39. The van der Waals surface area contributed by atoms with Gasteiger partial charge in [-0.25, -0.2) is 0 Å². The van der Waals surface area contributed by atoms with Crippen molar-refractivity contribution in [3.63, 3.8) is 0 Å². The summed E-state index contributed by atoms with van der Waals surface area (Å²) in [6.45, 7) is 5.23. The summed E-state index contributed by atoms with van der Waals surface area (Å²) in [6.07, 6.45) is 3.39. The lowest BCUT2D eigenvalue weighted by Crippen LogP contribution is -2.42. The van der Waals surface area contributed by atoms with Crippen LogP contribution in [-0.4, -0.2) is 12.6 Å². The molecule has 0 radical (unpaired) electrons. The van der Waals surface area contributed by atoms with E-state index in [2.05, 4.69) is 26.0 Å². The second kappa shape index (κ2) is 5.54. The zero-order valence-electron chi connectivity index (χ0n) is 10.9. The third-order valence-electron chi connectivity index (χ3n) is 4.05. The van der Waals surface area contributed by atoms with Crippen LogP contribution in [0.5, 0.6) is 5.75 Å². The smallest absolute Gasteiger partial charge is 0.122 e. The Balaban J connectivity index is 2.07. The lowest BCUT2D eigenvalue weighted by molar-refractivity contribution is 0.169. The molecule has 1 aliphatic rings. The van der Waals surface area contributed by atoms with Gasteiger partial charge in [0.25, 0.3) is 0 Å². The van der Waals surface area contributed by atoms with Crippen LogP contribution in [0.3, 0.4) is 0 Å². The van der Waals surface area contributed by atoms with E-state index in [-0.39, 0.29) is 6.04 Å². The van der Waals surface area contributed by atoms with Gasteiger partial charge in [0, 0.05) is 12.0 Å². The van der Waals surface area contributed by atoms with Gasteiger partial charge in [0.15, 0.2) is 0 Å². The first-order valence-electron chi connectivity index (χ1n) is 6.72. The van der Waals surface area contributed by atoms with Gasteiger partial charge >= 0.3 is 0 Å². The molecule has 2 heteroatoms. The third-order valence-corrected chi connectivity index (χ3v) is 4.05. The van der Waals surface area contributed by atoms with Crippen LogP contribution in [0.25, 0.3) is 0 Å². The van der Waals surface area contributed by atoms with Gasteiger partial charge in [-0.05, 0) is 24.0 Å². The Kier molecular flexibility index (Phi) is 4.06. The number of nitrogens with two attached hydrogens (primary N) is 1. The molecular formula is C15H23NO. The van der Waals surface area contributed by atoms with E-state index >= 15 is 0 Å². The highest BCUT2D eigenvalue weighted by molar-refractivity contribution is 5.35. The zero-order chi connectivity index (χ0) is 12.3. The van der Waals surface area contributed by atoms with E-state index in [1.807, 2.05) is 12.1 Å². The Morgan fingerprint density at radius 1 is 1.29 bits per heavy atom. The highest BCUT2D eigenvalue weighted by Crippen LogP contribution is 2.30. The molecule has 0 amide bonds. The predicted molar refractivity (Wildman–Crippen MR) is 71.2 cm³/mol. The fourth-order valence-electron chi connectivity index (χ4n) is 2.82. The molecule has 0 fully saturated rings. The number of hydrogen-bond acceptors (Lipinski definition) is 2. The van der Waals surface area contributed by atoms with Gasteiger partial charge in [-0.15, -0.1) is 0 Å². The summed E-state index contributed by atoms with van der Waals surface area (Å²) >= 11 is 0. The first-order valence-corrected chi connectivity index (χ1v) is 6.72. The van der Waals surface area contributed by atoms with Crippen LogP contribution in [0.2, 0.25) is 0 Å². The van der Waals surface area contributed by atoms with Crippen LogP contribution in [0, 0.1) is 11.8 Å². The fourth-order valence-corrected chi connectivity index (χ4v) is 2.82. The van der Waals surface area contributed by atoms with Crippen LogP contribution >= 0.6 is 0 Å². The first kappa shape index (κ1) is 12.4. The van der Waals surface area contributed by atoms with Crippen molar-refractivity contribution in [3.8, 4) is 5.75 Å². The van der Waals surface area contributed by atoms with Crippen molar-refractivity contribution in [1.29, 1.82) is 0 Å². The van der Waals surface area contributed by atoms with Gasteiger partial charge in [-0.3, -0.25) is 0 Å². The summed E-state index contributed by atoms with van der Waals surface area (Å²) in [5, 5.41) is 0. The average molecular weight is 233 g/mol. The van der Waals surface area contributed by atoms with E-state index in [1.165, 1.54) is 5.56 Å². The normalized spacial score (nSPS) is 20.8. The molecule has 0 saturated heterocycles. The van der Waals surface area contributed by atoms with Gasteiger partial charge in [0.1, 0.15) is 5.75 Å². The molecule has 1 aliphatic heterocycles. The van der Waals surface area contributed by atoms with Gasteiger partial charge in [0.05, 0.1) is 6.61 Å². The van der Waals surface area contributed by atoms with Crippen LogP contribution in [0.15, 0.2) is 24.3 Å². The van der Waals surface area contributed by atoms with Crippen molar-refractivity contribution in [3.05, 3.63) is 29.8 Å². The maximum Gasteiger partial charge on any atom is 0.122 e. The number of ether oxygens (including phenoxy) is 1. The van der Waals surface area contributed by atoms with Gasteiger partial charge in [-0.1, -0.05) is 44.9 Å². The maximum atomic E-state index is 6.39. The Labute approximate surface area is 104 Å². The maximum absolute atomic E-state index is 6.39. The molecule has 94 valence electrons. The van der Waals surface area contributed by atoms with E-state index in [1.54, 1.807) is 0 Å². The number of hydrogen-bond donors (Lipinski definition) is 1. The van der Waals surface area contributed by atoms with Gasteiger partial charge in [-0.2, -0.15) is 0 Å². The van der Waals surface area contributed by atoms with Crippen molar-refractivity contribution in [2.45, 2.75) is 39.2 Å². The predicted octanol–water partition coefficient (Wildman–Crippen LogP) is 3.00. The van der Waals surface area contributed by atoms with Crippen molar-refractivity contribution < 1.29 is 4.74 Å². The standard InChI is InChI=1S/C15H23NO/c1-3-11(4-2)15(16)13-9-12-7-5-6-8-14(12)17-10-13/h5-8,11,13,15H,3-4,9-10,16H2,1-2H3. The minimum atomic E-state index is 0.262. The quantitative estimate of drug-likeness (QED) is 0.867. The molecule has 0 aromatic heterocycles. The van der Waals surface area contributed by atoms with Crippen LogP contribution in [0.1, 0.15) is 32.3 Å². The van der Waals surface area contributed by atoms with E-state index in [0.717, 1.165) is 31.6 Å². The van der Waals surface area contributed by atoms with Crippen molar-refractivity contribution in [2.24, 2.45) is 17.6 Å². The molecule has 0 bridgehead atoms. The molecule has 1 aromatic carbocycles. The van der Waals surface area contributed by atoms with Crippen molar-refractivity contribution in [1.82, 2.24) is 0 Å². The molecule has 2 nitrogen and oxygen atoms in total. The highest BCUT2D eigenvalue weighted by atomic mass is 16.5. The number of benzene rings is 1. The summed E-state index contributed by atoms with van der Waals surface area (Å²) in [4.78, 5) is 0. The SMILES string of the molecule is CCC(CC)C(N)C1COc2ccccc2C1. The van der Waals surface area contributed by atoms with Crippen LogP contribution in [0.4, 0.5) is 0 Å². The molecule has 1 aromatic rings. The molecule has 0 saturated carbocycles. The molecule has 0 spiro atoms. The molecule has 17 heavy (non-hydrogen) atoms. The molecule has 2 unspecified atom stereocenters. The van der Waals surface area contributed by atoms with E-state index in [0.29, 0.717) is 11.8 Å². The summed E-state index contributed by atoms with van der Waals surface area (Å²) in [5.41, 5.74) is 7.70. The molecular weight excluding hydrogens is 210 g/mol. The van der Waals surface area contributed by atoms with E-state index in [9.17, 15) is 0 Å². The molecule has 0 aliphatic carbocycles. The van der Waals surface area contributed by atoms with Gasteiger partial charge < -0.3 is 10.5 Å². The molecule has 2 atom stereocenters. The summed E-state index contributed by atoms with van der Waals surface area (Å²) in [5.74, 6) is 2.13. The Bertz CT molecular complexity index is 360. The lowest BCUT2D eigenvalue weighted by atomic mass is 9.81. The van der Waals surface area contributed by atoms with Crippen LogP contribution in [-0.2, 0) is 6.42 Å². The molecule has 2 N–H and O–H groups in total. The summed E-state index contributed by atoms with van der Waals surface area (Å²) in [6, 6.07) is 8.57. The monoisotopic (exact) mass is 233 g/mol. The third kappa shape index (κ3) is 2.63. The largest absolute Gasteiger partial charge is 0.493 e. The minimum Gasteiger partial charge on any atom is -0.493 e. The Hall–Kier alpha value is -1.02. The van der Waals surface area contributed by atoms with Gasteiger partial charge in [0.2, 0.25) is 0 Å². The Morgan fingerprint density at radius 2 is 2.00 bits per heavy atom. The van der Waals surface area contributed by atoms with Crippen LogP contribution < -0.4 is 10.5 Å². The fraction of sp³-hybridized carbons (Fsp3) is 0.600. The first-order chi connectivity index (χ1) is 8.26.